The summed E-state index contributed by atoms with van der Waals surface area (Å²) in [6.45, 7) is 2.79. The van der Waals surface area contributed by atoms with Crippen molar-refractivity contribution < 1.29 is 4.79 Å². The van der Waals surface area contributed by atoms with Gasteiger partial charge in [0.2, 0.25) is 0 Å². The van der Waals surface area contributed by atoms with Crippen LogP contribution in [0.3, 0.4) is 0 Å². The largest absolute Gasteiger partial charge is 0.338 e. The molecule has 0 spiro atoms. The van der Waals surface area contributed by atoms with Gasteiger partial charge in [0.1, 0.15) is 4.33 Å². The number of rotatable bonds is 7. The number of benzene rings is 1. The SMILES string of the molecule is CCCCNC(=O)Nc1ccccc1SCC1CC1(Cl)Cl. The smallest absolute Gasteiger partial charge is 0.319 e. The van der Waals surface area contributed by atoms with Crippen LogP contribution in [0, 0.1) is 5.92 Å². The number of unbranched alkanes of at least 4 members (excludes halogenated alkanes) is 1. The van der Waals surface area contributed by atoms with Crippen LogP contribution in [-0.4, -0.2) is 22.7 Å². The molecule has 21 heavy (non-hydrogen) atoms. The van der Waals surface area contributed by atoms with Crippen molar-refractivity contribution in [3.05, 3.63) is 24.3 Å². The van der Waals surface area contributed by atoms with E-state index in [1.165, 1.54) is 0 Å². The highest BCUT2D eigenvalue weighted by atomic mass is 35.5. The Kier molecular flexibility index (Phi) is 6.08. The second kappa shape index (κ2) is 7.61. The second-order valence-electron chi connectivity index (χ2n) is 5.20. The third-order valence-electron chi connectivity index (χ3n) is 3.35. The number of alkyl halides is 2. The van der Waals surface area contributed by atoms with Gasteiger partial charge in [-0.25, -0.2) is 4.79 Å². The van der Waals surface area contributed by atoms with Crippen LogP contribution in [0.15, 0.2) is 29.2 Å². The van der Waals surface area contributed by atoms with Crippen LogP contribution in [0.2, 0.25) is 0 Å². The Morgan fingerprint density at radius 3 is 2.81 bits per heavy atom. The summed E-state index contributed by atoms with van der Waals surface area (Å²) in [5.41, 5.74) is 0.826. The van der Waals surface area contributed by atoms with Gasteiger partial charge in [-0.2, -0.15) is 0 Å². The highest BCUT2D eigenvalue weighted by Gasteiger charge is 2.51. The number of urea groups is 1. The normalized spacial score (nSPS) is 19.1. The summed E-state index contributed by atoms with van der Waals surface area (Å²) in [6.07, 6.45) is 2.89. The first kappa shape index (κ1) is 16.8. The lowest BCUT2D eigenvalue weighted by molar-refractivity contribution is 0.252. The van der Waals surface area contributed by atoms with E-state index in [1.807, 2.05) is 24.3 Å². The summed E-state index contributed by atoms with van der Waals surface area (Å²) in [7, 11) is 0. The fourth-order valence-electron chi connectivity index (χ4n) is 1.88. The quantitative estimate of drug-likeness (QED) is 0.419. The molecule has 1 saturated carbocycles. The van der Waals surface area contributed by atoms with E-state index in [4.69, 9.17) is 23.2 Å². The molecule has 1 fully saturated rings. The van der Waals surface area contributed by atoms with Crippen molar-refractivity contribution in [1.29, 1.82) is 0 Å². The van der Waals surface area contributed by atoms with Crippen LogP contribution in [0.25, 0.3) is 0 Å². The van der Waals surface area contributed by atoms with Gasteiger partial charge in [-0.1, -0.05) is 25.5 Å². The van der Waals surface area contributed by atoms with Gasteiger partial charge in [-0.3, -0.25) is 0 Å². The summed E-state index contributed by atoms with van der Waals surface area (Å²) >= 11 is 13.8. The summed E-state index contributed by atoms with van der Waals surface area (Å²) in [5, 5.41) is 5.75. The van der Waals surface area contributed by atoms with Gasteiger partial charge in [0, 0.05) is 23.1 Å². The molecule has 1 unspecified atom stereocenters. The fourth-order valence-corrected chi connectivity index (χ4v) is 3.82. The molecule has 0 saturated heterocycles. The molecule has 0 heterocycles. The standard InChI is InChI=1S/C15H20Cl2N2OS/c1-2-3-8-18-14(20)19-12-6-4-5-7-13(12)21-10-11-9-15(11,16)17/h4-7,11H,2-3,8-10H2,1H3,(H2,18,19,20). The van der Waals surface area contributed by atoms with Crippen molar-refractivity contribution in [2.24, 2.45) is 5.92 Å². The van der Waals surface area contributed by atoms with E-state index in [1.54, 1.807) is 11.8 Å². The number of thioether (sulfide) groups is 1. The van der Waals surface area contributed by atoms with E-state index < -0.39 is 4.33 Å². The lowest BCUT2D eigenvalue weighted by Crippen LogP contribution is -2.29. The van der Waals surface area contributed by atoms with E-state index in [-0.39, 0.29) is 6.03 Å². The molecule has 0 radical (unpaired) electrons. The van der Waals surface area contributed by atoms with Crippen molar-refractivity contribution in [3.8, 4) is 0 Å². The maximum atomic E-state index is 11.8. The number of halogens is 2. The summed E-state index contributed by atoms with van der Waals surface area (Å²) < 4.78 is -0.549. The van der Waals surface area contributed by atoms with Crippen LogP contribution in [0.4, 0.5) is 10.5 Å². The molecular formula is C15H20Cl2N2OS. The predicted molar refractivity (Wildman–Crippen MR) is 91.6 cm³/mol. The summed E-state index contributed by atoms with van der Waals surface area (Å²) in [5.74, 6) is 1.20. The van der Waals surface area contributed by atoms with E-state index in [2.05, 4.69) is 17.6 Å². The van der Waals surface area contributed by atoms with E-state index in [0.29, 0.717) is 12.5 Å². The number of anilines is 1. The first-order chi connectivity index (χ1) is 10.0. The zero-order valence-corrected chi connectivity index (χ0v) is 14.3. The minimum absolute atomic E-state index is 0.160. The number of carbonyl (C=O) groups excluding carboxylic acids is 1. The number of nitrogens with one attached hydrogen (secondary N) is 2. The van der Waals surface area contributed by atoms with Crippen molar-refractivity contribution in [2.45, 2.75) is 35.4 Å². The number of para-hydroxylation sites is 1. The number of hydrogen-bond acceptors (Lipinski definition) is 2. The van der Waals surface area contributed by atoms with E-state index in [9.17, 15) is 4.79 Å². The molecule has 2 amide bonds. The molecule has 0 aromatic heterocycles. The van der Waals surface area contributed by atoms with E-state index in [0.717, 1.165) is 35.6 Å². The van der Waals surface area contributed by atoms with Crippen LogP contribution in [0.5, 0.6) is 0 Å². The Bertz CT molecular complexity index is 496. The molecule has 0 bridgehead atoms. The first-order valence-corrected chi connectivity index (χ1v) is 8.91. The zero-order valence-electron chi connectivity index (χ0n) is 12.0. The average molecular weight is 347 g/mol. The molecule has 3 nitrogen and oxygen atoms in total. The van der Waals surface area contributed by atoms with Crippen molar-refractivity contribution in [3.63, 3.8) is 0 Å². The highest BCUT2D eigenvalue weighted by molar-refractivity contribution is 7.99. The molecule has 2 rings (SSSR count). The van der Waals surface area contributed by atoms with Crippen LogP contribution < -0.4 is 10.6 Å². The molecule has 1 aromatic rings. The third kappa shape index (κ3) is 5.28. The Balaban J connectivity index is 1.86. The molecule has 0 aliphatic heterocycles. The Morgan fingerprint density at radius 1 is 1.43 bits per heavy atom. The molecule has 1 aromatic carbocycles. The maximum absolute atomic E-state index is 11.8. The van der Waals surface area contributed by atoms with Gasteiger partial charge in [0.15, 0.2) is 0 Å². The van der Waals surface area contributed by atoms with Gasteiger partial charge >= 0.3 is 6.03 Å². The van der Waals surface area contributed by atoms with E-state index >= 15 is 0 Å². The second-order valence-corrected chi connectivity index (χ2v) is 7.81. The number of carbonyl (C=O) groups is 1. The lowest BCUT2D eigenvalue weighted by Gasteiger charge is -2.11. The molecule has 1 atom stereocenters. The first-order valence-electron chi connectivity index (χ1n) is 7.17. The van der Waals surface area contributed by atoms with Gasteiger partial charge in [0.05, 0.1) is 5.69 Å². The maximum Gasteiger partial charge on any atom is 0.319 e. The molecule has 116 valence electrons. The minimum Gasteiger partial charge on any atom is -0.338 e. The molecular weight excluding hydrogens is 327 g/mol. The van der Waals surface area contributed by atoms with Gasteiger partial charge in [-0.05, 0) is 25.0 Å². The van der Waals surface area contributed by atoms with Gasteiger partial charge < -0.3 is 10.6 Å². The topological polar surface area (TPSA) is 41.1 Å². The van der Waals surface area contributed by atoms with Crippen molar-refractivity contribution in [2.75, 3.05) is 17.6 Å². The van der Waals surface area contributed by atoms with Gasteiger partial charge in [-0.15, -0.1) is 35.0 Å². The Hall–Kier alpha value is -0.580. The minimum atomic E-state index is -0.549. The highest BCUT2D eigenvalue weighted by Crippen LogP contribution is 2.55. The summed E-state index contributed by atoms with van der Waals surface area (Å²) in [6, 6.07) is 7.62. The van der Waals surface area contributed by atoms with Crippen LogP contribution >= 0.6 is 35.0 Å². The number of amides is 2. The zero-order chi connectivity index (χ0) is 15.3. The van der Waals surface area contributed by atoms with Gasteiger partial charge in [0.25, 0.3) is 0 Å². The number of hydrogen-bond donors (Lipinski definition) is 2. The van der Waals surface area contributed by atoms with Crippen molar-refractivity contribution >= 4 is 46.7 Å². The molecule has 1 aliphatic rings. The predicted octanol–water partition coefficient (Wildman–Crippen LogP) is 4.89. The molecule has 1 aliphatic carbocycles. The van der Waals surface area contributed by atoms with Crippen LogP contribution in [-0.2, 0) is 0 Å². The Labute approximate surface area is 140 Å². The Morgan fingerprint density at radius 2 is 2.14 bits per heavy atom. The molecule has 2 N–H and O–H groups in total. The average Bonchev–Trinajstić information content (AvgIpc) is 3.05. The third-order valence-corrected chi connectivity index (χ3v) is 5.51. The molecule has 6 heteroatoms. The summed E-state index contributed by atoms with van der Waals surface area (Å²) in [4.78, 5) is 12.9. The fraction of sp³-hybridized carbons (Fsp3) is 0.533. The van der Waals surface area contributed by atoms with Crippen LogP contribution in [0.1, 0.15) is 26.2 Å². The van der Waals surface area contributed by atoms with Crippen molar-refractivity contribution in [1.82, 2.24) is 5.32 Å². The lowest BCUT2D eigenvalue weighted by atomic mass is 10.3. The monoisotopic (exact) mass is 346 g/mol.